The maximum Gasteiger partial charge on any atom is 0.264 e. The van der Waals surface area contributed by atoms with Crippen molar-refractivity contribution in [1.29, 1.82) is 0 Å². The Morgan fingerprint density at radius 1 is 1.03 bits per heavy atom. The topological polar surface area (TPSA) is 92.3 Å². The van der Waals surface area contributed by atoms with E-state index in [9.17, 15) is 13.2 Å². The highest BCUT2D eigenvalue weighted by Crippen LogP contribution is 2.26. The number of pyridine rings is 1. The van der Waals surface area contributed by atoms with Crippen molar-refractivity contribution in [3.05, 3.63) is 88.9 Å². The summed E-state index contributed by atoms with van der Waals surface area (Å²) in [6.07, 6.45) is 1.67. The van der Waals surface area contributed by atoms with E-state index in [0.717, 1.165) is 4.31 Å². The van der Waals surface area contributed by atoms with Gasteiger partial charge in [-0.3, -0.25) is 19.4 Å². The molecule has 0 radical (unpaired) electrons. The minimum Gasteiger partial charge on any atom is -0.298 e. The first-order valence-corrected chi connectivity index (χ1v) is 12.1. The lowest BCUT2D eigenvalue weighted by molar-refractivity contribution is 0.102. The lowest BCUT2D eigenvalue weighted by Crippen LogP contribution is -2.26. The molecule has 1 amide bonds. The van der Waals surface area contributed by atoms with Crippen molar-refractivity contribution >= 4 is 49.7 Å². The van der Waals surface area contributed by atoms with Crippen LogP contribution in [0.25, 0.3) is 11.4 Å². The van der Waals surface area contributed by atoms with Gasteiger partial charge in [0.05, 0.1) is 16.3 Å². The number of amides is 1. The van der Waals surface area contributed by atoms with Crippen LogP contribution >= 0.6 is 22.9 Å². The summed E-state index contributed by atoms with van der Waals surface area (Å²) in [5.74, 6) is -0.464. The van der Waals surface area contributed by atoms with Gasteiger partial charge in [0.15, 0.2) is 5.13 Å². The van der Waals surface area contributed by atoms with Gasteiger partial charge in [0.1, 0.15) is 5.69 Å². The second-order valence-electron chi connectivity index (χ2n) is 6.69. The fourth-order valence-corrected chi connectivity index (χ4v) is 5.02. The first-order chi connectivity index (χ1) is 15.3. The molecule has 0 bridgehead atoms. The summed E-state index contributed by atoms with van der Waals surface area (Å²) < 4.78 is 27.3. The predicted molar refractivity (Wildman–Crippen MR) is 127 cm³/mol. The number of hydrogen-bond acceptors (Lipinski definition) is 6. The van der Waals surface area contributed by atoms with Crippen molar-refractivity contribution in [3.63, 3.8) is 0 Å². The summed E-state index contributed by atoms with van der Waals surface area (Å²) >= 11 is 7.24. The van der Waals surface area contributed by atoms with Gasteiger partial charge in [-0.05, 0) is 48.5 Å². The van der Waals surface area contributed by atoms with Crippen LogP contribution in [0.3, 0.4) is 0 Å². The van der Waals surface area contributed by atoms with Crippen molar-refractivity contribution in [2.45, 2.75) is 4.90 Å². The minimum atomic E-state index is -3.90. The second-order valence-corrected chi connectivity index (χ2v) is 9.95. The Kier molecular flexibility index (Phi) is 6.22. The molecule has 7 nitrogen and oxygen atoms in total. The molecule has 0 saturated carbocycles. The van der Waals surface area contributed by atoms with Crippen LogP contribution in [-0.2, 0) is 10.0 Å². The number of carbonyl (C=O) groups is 1. The van der Waals surface area contributed by atoms with Gasteiger partial charge in [-0.25, -0.2) is 13.4 Å². The van der Waals surface area contributed by atoms with E-state index in [4.69, 9.17) is 11.6 Å². The highest BCUT2D eigenvalue weighted by atomic mass is 35.5. The van der Waals surface area contributed by atoms with E-state index in [0.29, 0.717) is 27.2 Å². The minimum absolute atomic E-state index is 0.0130. The van der Waals surface area contributed by atoms with Gasteiger partial charge in [0.2, 0.25) is 0 Å². The van der Waals surface area contributed by atoms with E-state index < -0.39 is 15.9 Å². The fourth-order valence-electron chi connectivity index (χ4n) is 2.90. The fraction of sp³-hybridized carbons (Fsp3) is 0.0455. The maximum atomic E-state index is 13.1. The smallest absolute Gasteiger partial charge is 0.264 e. The van der Waals surface area contributed by atoms with Crippen LogP contribution in [0.1, 0.15) is 10.4 Å². The van der Waals surface area contributed by atoms with Gasteiger partial charge in [0.25, 0.3) is 15.9 Å². The van der Waals surface area contributed by atoms with Crippen LogP contribution in [0.5, 0.6) is 0 Å². The molecule has 0 fully saturated rings. The van der Waals surface area contributed by atoms with E-state index in [1.54, 1.807) is 41.9 Å². The number of thiazole rings is 1. The quantitative estimate of drug-likeness (QED) is 0.418. The molecule has 4 rings (SSSR count). The third kappa shape index (κ3) is 4.64. The Morgan fingerprint density at radius 3 is 2.59 bits per heavy atom. The van der Waals surface area contributed by atoms with Crippen molar-refractivity contribution in [2.75, 3.05) is 16.7 Å². The van der Waals surface area contributed by atoms with Gasteiger partial charge in [-0.15, -0.1) is 11.3 Å². The summed E-state index contributed by atoms with van der Waals surface area (Å²) in [5, 5.41) is 5.31. The number of aromatic nitrogens is 2. The van der Waals surface area contributed by atoms with E-state index >= 15 is 0 Å². The largest absolute Gasteiger partial charge is 0.298 e. The molecule has 0 unspecified atom stereocenters. The number of nitrogens with one attached hydrogen (secondary N) is 1. The van der Waals surface area contributed by atoms with Gasteiger partial charge < -0.3 is 0 Å². The monoisotopic (exact) mass is 484 g/mol. The molecule has 0 aliphatic carbocycles. The molecule has 2 aromatic carbocycles. The molecule has 0 spiro atoms. The Bertz CT molecular complexity index is 1370. The van der Waals surface area contributed by atoms with Crippen molar-refractivity contribution in [1.82, 2.24) is 9.97 Å². The molecule has 0 aliphatic rings. The molecule has 0 saturated heterocycles. The Labute approximate surface area is 194 Å². The molecule has 0 atom stereocenters. The number of rotatable bonds is 6. The number of sulfonamides is 1. The third-order valence-electron chi connectivity index (χ3n) is 4.58. The van der Waals surface area contributed by atoms with Crippen LogP contribution in [0.15, 0.2) is 83.2 Å². The average Bonchev–Trinajstić information content (AvgIpc) is 3.27. The molecule has 0 aliphatic heterocycles. The highest BCUT2D eigenvalue weighted by molar-refractivity contribution is 7.92. The number of nitrogens with zero attached hydrogens (tertiary/aromatic N) is 3. The standard InChI is InChI=1S/C22H17ClN4O3S2/c1-27(17-8-5-7-16(23)13-17)32(29,30)18-9-4-6-15(12-18)21(28)26-22-25-20(14-31-22)19-10-2-3-11-24-19/h2-14H,1H3,(H,25,26,28). The summed E-state index contributed by atoms with van der Waals surface area (Å²) in [4.78, 5) is 21.3. The number of benzene rings is 2. The van der Waals surface area contributed by atoms with E-state index in [1.807, 2.05) is 18.2 Å². The summed E-state index contributed by atoms with van der Waals surface area (Å²) in [6.45, 7) is 0. The Hall–Kier alpha value is -3.27. The molecular weight excluding hydrogens is 468 g/mol. The predicted octanol–water partition coefficient (Wildman–Crippen LogP) is 4.94. The van der Waals surface area contributed by atoms with Crippen LogP contribution in [-0.4, -0.2) is 31.3 Å². The maximum absolute atomic E-state index is 13.1. The molecule has 32 heavy (non-hydrogen) atoms. The summed E-state index contributed by atoms with van der Waals surface area (Å²) in [5.41, 5.74) is 1.95. The molecule has 162 valence electrons. The van der Waals surface area contributed by atoms with Crippen LogP contribution < -0.4 is 9.62 Å². The van der Waals surface area contributed by atoms with Gasteiger partial charge in [-0.1, -0.05) is 29.8 Å². The third-order valence-corrected chi connectivity index (χ3v) is 7.35. The van der Waals surface area contributed by atoms with Crippen molar-refractivity contribution in [3.8, 4) is 11.4 Å². The SMILES string of the molecule is CN(c1cccc(Cl)c1)S(=O)(=O)c1cccc(C(=O)Nc2nc(-c3ccccn3)cs2)c1. The zero-order chi connectivity index (χ0) is 22.7. The number of halogens is 1. The molecule has 2 heterocycles. The van der Waals surface area contributed by atoms with Gasteiger partial charge in [-0.2, -0.15) is 0 Å². The average molecular weight is 485 g/mol. The molecule has 1 N–H and O–H groups in total. The lowest BCUT2D eigenvalue weighted by Gasteiger charge is -2.20. The number of carbonyl (C=O) groups excluding carboxylic acids is 1. The summed E-state index contributed by atoms with van der Waals surface area (Å²) in [6, 6.07) is 17.8. The summed E-state index contributed by atoms with van der Waals surface area (Å²) in [7, 11) is -2.46. The lowest BCUT2D eigenvalue weighted by atomic mass is 10.2. The molecule has 4 aromatic rings. The van der Waals surface area contributed by atoms with Gasteiger partial charge >= 0.3 is 0 Å². The van der Waals surface area contributed by atoms with Gasteiger partial charge in [0, 0.05) is 29.2 Å². The Balaban J connectivity index is 1.55. The van der Waals surface area contributed by atoms with E-state index in [-0.39, 0.29) is 10.5 Å². The van der Waals surface area contributed by atoms with Crippen molar-refractivity contribution in [2.24, 2.45) is 0 Å². The normalized spacial score (nSPS) is 11.2. The Morgan fingerprint density at radius 2 is 1.84 bits per heavy atom. The zero-order valence-electron chi connectivity index (χ0n) is 16.8. The van der Waals surface area contributed by atoms with Crippen LogP contribution in [0.4, 0.5) is 10.8 Å². The zero-order valence-corrected chi connectivity index (χ0v) is 19.2. The molecule has 10 heteroatoms. The first kappa shape index (κ1) is 21.9. The van der Waals surface area contributed by atoms with Crippen molar-refractivity contribution < 1.29 is 13.2 Å². The first-order valence-electron chi connectivity index (χ1n) is 9.37. The highest BCUT2D eigenvalue weighted by Gasteiger charge is 2.23. The molecule has 2 aromatic heterocycles. The van der Waals surface area contributed by atoms with E-state index in [2.05, 4.69) is 15.3 Å². The van der Waals surface area contributed by atoms with Crippen LogP contribution in [0.2, 0.25) is 5.02 Å². The van der Waals surface area contributed by atoms with Crippen LogP contribution in [0, 0.1) is 0 Å². The second kappa shape index (κ2) is 9.07. The number of hydrogen-bond donors (Lipinski definition) is 1. The molecular formula is C22H17ClN4O3S2. The van der Waals surface area contributed by atoms with E-state index in [1.165, 1.54) is 36.6 Å². The number of anilines is 2.